The Morgan fingerprint density at radius 1 is 1.16 bits per heavy atom. The van der Waals surface area contributed by atoms with Crippen LogP contribution in [-0.2, 0) is 0 Å². The van der Waals surface area contributed by atoms with Crippen molar-refractivity contribution < 1.29 is 4.79 Å². The molecular weight excluding hydrogens is 304 g/mol. The molecule has 0 heterocycles. The van der Waals surface area contributed by atoms with Crippen LogP contribution in [0, 0.1) is 13.8 Å². The molecule has 3 N–H and O–H groups in total. The molecule has 0 atom stereocenters. The van der Waals surface area contributed by atoms with Crippen LogP contribution >= 0.6 is 15.9 Å². The van der Waals surface area contributed by atoms with E-state index in [9.17, 15) is 4.79 Å². The van der Waals surface area contributed by atoms with Crippen molar-refractivity contribution in [2.45, 2.75) is 13.8 Å². The second-order valence-electron chi connectivity index (χ2n) is 4.41. The molecule has 3 nitrogen and oxygen atoms in total. The number of benzene rings is 2. The number of aryl methyl sites for hydroxylation is 1. The molecule has 98 valence electrons. The van der Waals surface area contributed by atoms with Gasteiger partial charge in [0.25, 0.3) is 5.91 Å². The van der Waals surface area contributed by atoms with E-state index in [2.05, 4.69) is 21.2 Å². The van der Waals surface area contributed by atoms with E-state index in [1.54, 1.807) is 6.07 Å². The highest BCUT2D eigenvalue weighted by atomic mass is 79.9. The molecular formula is C15H15BrN2O. The lowest BCUT2D eigenvalue weighted by Gasteiger charge is -2.12. The van der Waals surface area contributed by atoms with Crippen LogP contribution in [0.5, 0.6) is 0 Å². The molecule has 0 spiro atoms. The molecule has 0 saturated heterocycles. The third-order valence-corrected chi connectivity index (χ3v) is 3.91. The maximum atomic E-state index is 12.3. The summed E-state index contributed by atoms with van der Waals surface area (Å²) < 4.78 is 0.961. The van der Waals surface area contributed by atoms with Crippen molar-refractivity contribution in [2.24, 2.45) is 0 Å². The third kappa shape index (κ3) is 2.79. The molecule has 0 bridgehead atoms. The molecule has 0 aliphatic rings. The van der Waals surface area contributed by atoms with E-state index in [0.717, 1.165) is 21.3 Å². The zero-order valence-electron chi connectivity index (χ0n) is 10.8. The van der Waals surface area contributed by atoms with Crippen LogP contribution < -0.4 is 11.1 Å². The predicted molar refractivity (Wildman–Crippen MR) is 82.4 cm³/mol. The molecule has 2 aromatic rings. The fraction of sp³-hybridized carbons (Fsp3) is 0.133. The van der Waals surface area contributed by atoms with Gasteiger partial charge in [0.05, 0.1) is 5.56 Å². The van der Waals surface area contributed by atoms with Gasteiger partial charge in [0.1, 0.15) is 0 Å². The van der Waals surface area contributed by atoms with Crippen molar-refractivity contribution in [3.63, 3.8) is 0 Å². The van der Waals surface area contributed by atoms with Gasteiger partial charge in [-0.2, -0.15) is 0 Å². The SMILES string of the molecule is Cc1cccc(N)c1C(=O)Nc1cccc(Br)c1C. The summed E-state index contributed by atoms with van der Waals surface area (Å²) in [6, 6.07) is 11.1. The first-order valence-corrected chi connectivity index (χ1v) is 6.71. The number of carbonyl (C=O) groups excluding carboxylic acids is 1. The molecule has 0 aliphatic heterocycles. The highest BCUT2D eigenvalue weighted by Gasteiger charge is 2.13. The summed E-state index contributed by atoms with van der Waals surface area (Å²) in [6.07, 6.45) is 0. The smallest absolute Gasteiger partial charge is 0.258 e. The predicted octanol–water partition coefficient (Wildman–Crippen LogP) is 3.90. The lowest BCUT2D eigenvalue weighted by molar-refractivity contribution is 0.102. The van der Waals surface area contributed by atoms with Gasteiger partial charge in [0.15, 0.2) is 0 Å². The number of carbonyl (C=O) groups is 1. The van der Waals surface area contributed by atoms with Gasteiger partial charge in [-0.25, -0.2) is 0 Å². The van der Waals surface area contributed by atoms with Crippen LogP contribution in [0.1, 0.15) is 21.5 Å². The molecule has 2 rings (SSSR count). The fourth-order valence-electron chi connectivity index (χ4n) is 1.93. The van der Waals surface area contributed by atoms with Crippen molar-refractivity contribution in [3.8, 4) is 0 Å². The molecule has 0 saturated carbocycles. The van der Waals surface area contributed by atoms with Gasteiger partial charge in [0, 0.05) is 15.8 Å². The number of amides is 1. The zero-order valence-corrected chi connectivity index (χ0v) is 12.4. The highest BCUT2D eigenvalue weighted by Crippen LogP contribution is 2.25. The van der Waals surface area contributed by atoms with Crippen LogP contribution in [0.2, 0.25) is 0 Å². The second kappa shape index (κ2) is 5.45. The van der Waals surface area contributed by atoms with Crippen LogP contribution in [0.15, 0.2) is 40.9 Å². The van der Waals surface area contributed by atoms with Gasteiger partial charge in [-0.1, -0.05) is 34.1 Å². The molecule has 0 radical (unpaired) electrons. The summed E-state index contributed by atoms with van der Waals surface area (Å²) in [5.41, 5.74) is 9.53. The molecule has 0 aliphatic carbocycles. The minimum atomic E-state index is -0.184. The summed E-state index contributed by atoms with van der Waals surface area (Å²) in [6.45, 7) is 3.82. The number of hydrogen-bond acceptors (Lipinski definition) is 2. The maximum Gasteiger partial charge on any atom is 0.258 e. The van der Waals surface area contributed by atoms with Gasteiger partial charge in [-0.15, -0.1) is 0 Å². The Labute approximate surface area is 121 Å². The normalized spacial score (nSPS) is 10.3. The quantitative estimate of drug-likeness (QED) is 0.825. The number of nitrogens with one attached hydrogen (secondary N) is 1. The summed E-state index contributed by atoms with van der Waals surface area (Å²) in [7, 11) is 0. The Kier molecular flexibility index (Phi) is 3.90. The van der Waals surface area contributed by atoms with Gasteiger partial charge < -0.3 is 11.1 Å². The topological polar surface area (TPSA) is 55.1 Å². The fourth-order valence-corrected chi connectivity index (χ4v) is 2.29. The largest absolute Gasteiger partial charge is 0.398 e. The van der Waals surface area contributed by atoms with Crippen molar-refractivity contribution in [2.75, 3.05) is 11.1 Å². The number of halogens is 1. The minimum absolute atomic E-state index is 0.184. The number of rotatable bonds is 2. The summed E-state index contributed by atoms with van der Waals surface area (Å²) in [4.78, 5) is 12.3. The van der Waals surface area contributed by atoms with E-state index in [0.29, 0.717) is 11.3 Å². The van der Waals surface area contributed by atoms with E-state index >= 15 is 0 Å². The van der Waals surface area contributed by atoms with Crippen LogP contribution in [-0.4, -0.2) is 5.91 Å². The molecule has 4 heteroatoms. The Morgan fingerprint density at radius 3 is 2.53 bits per heavy atom. The molecule has 2 aromatic carbocycles. The molecule has 0 unspecified atom stereocenters. The first-order valence-electron chi connectivity index (χ1n) is 5.92. The highest BCUT2D eigenvalue weighted by molar-refractivity contribution is 9.10. The number of nitrogen functional groups attached to an aromatic ring is 1. The molecule has 0 aromatic heterocycles. The summed E-state index contributed by atoms with van der Waals surface area (Å²) in [5.74, 6) is -0.184. The van der Waals surface area contributed by atoms with Crippen molar-refractivity contribution in [1.82, 2.24) is 0 Å². The third-order valence-electron chi connectivity index (χ3n) is 3.05. The molecule has 19 heavy (non-hydrogen) atoms. The van der Waals surface area contributed by atoms with Crippen LogP contribution in [0.25, 0.3) is 0 Å². The summed E-state index contributed by atoms with van der Waals surface area (Å²) in [5, 5.41) is 2.90. The monoisotopic (exact) mass is 318 g/mol. The first kappa shape index (κ1) is 13.6. The van der Waals surface area contributed by atoms with Gasteiger partial charge in [-0.05, 0) is 43.2 Å². The lowest BCUT2D eigenvalue weighted by Crippen LogP contribution is -2.16. The average Bonchev–Trinajstić information content (AvgIpc) is 2.35. The van der Waals surface area contributed by atoms with Gasteiger partial charge >= 0.3 is 0 Å². The Hall–Kier alpha value is -1.81. The van der Waals surface area contributed by atoms with E-state index in [4.69, 9.17) is 5.73 Å². The minimum Gasteiger partial charge on any atom is -0.398 e. The molecule has 1 amide bonds. The standard InChI is InChI=1S/C15H15BrN2O/c1-9-5-3-7-12(17)14(9)15(19)18-13-8-4-6-11(16)10(13)2/h3-8H,17H2,1-2H3,(H,18,19). The Morgan fingerprint density at radius 2 is 1.84 bits per heavy atom. The van der Waals surface area contributed by atoms with Crippen LogP contribution in [0.3, 0.4) is 0 Å². The van der Waals surface area contributed by atoms with E-state index < -0.39 is 0 Å². The van der Waals surface area contributed by atoms with E-state index in [1.807, 2.05) is 44.2 Å². The zero-order chi connectivity index (χ0) is 14.0. The maximum absolute atomic E-state index is 12.3. The van der Waals surface area contributed by atoms with E-state index in [-0.39, 0.29) is 5.91 Å². The van der Waals surface area contributed by atoms with Crippen LogP contribution in [0.4, 0.5) is 11.4 Å². The second-order valence-corrected chi connectivity index (χ2v) is 5.26. The number of nitrogens with two attached hydrogens (primary N) is 1. The van der Waals surface area contributed by atoms with Crippen molar-refractivity contribution in [3.05, 3.63) is 57.6 Å². The van der Waals surface area contributed by atoms with Crippen molar-refractivity contribution >= 4 is 33.2 Å². The van der Waals surface area contributed by atoms with E-state index in [1.165, 1.54) is 0 Å². The Balaban J connectivity index is 2.34. The Bertz CT molecular complexity index is 618. The lowest BCUT2D eigenvalue weighted by atomic mass is 10.1. The van der Waals surface area contributed by atoms with Crippen molar-refractivity contribution in [1.29, 1.82) is 0 Å². The number of anilines is 2. The summed E-state index contributed by atoms with van der Waals surface area (Å²) >= 11 is 3.45. The number of hydrogen-bond donors (Lipinski definition) is 2. The van der Waals surface area contributed by atoms with Gasteiger partial charge in [0.2, 0.25) is 0 Å². The molecule has 0 fully saturated rings. The first-order chi connectivity index (χ1) is 9.00. The van der Waals surface area contributed by atoms with Gasteiger partial charge in [-0.3, -0.25) is 4.79 Å². The average molecular weight is 319 g/mol.